The Balaban J connectivity index is 3.00. The zero-order chi connectivity index (χ0) is 10.6. The number of thiocarbonyl (C=S) groups is 1. The molecule has 0 aliphatic carbocycles. The summed E-state index contributed by atoms with van der Waals surface area (Å²) >= 11 is 5.34. The van der Waals surface area contributed by atoms with Crippen LogP contribution >= 0.6 is 12.2 Å². The van der Waals surface area contributed by atoms with Gasteiger partial charge in [0.05, 0.1) is 0 Å². The zero-order valence-corrected chi connectivity index (χ0v) is 9.69. The normalized spacial score (nSPS) is 9.93. The minimum Gasteiger partial charge on any atom is -0.377 e. The third kappa shape index (κ3) is 2.53. The van der Waals surface area contributed by atoms with E-state index in [1.165, 1.54) is 5.69 Å². The van der Waals surface area contributed by atoms with Gasteiger partial charge in [-0.1, -0.05) is 30.4 Å². The summed E-state index contributed by atoms with van der Waals surface area (Å²) in [5, 5.41) is 3.07. The van der Waals surface area contributed by atoms with Gasteiger partial charge in [-0.2, -0.15) is 0 Å². The van der Waals surface area contributed by atoms with E-state index in [0.717, 1.165) is 17.0 Å². The Morgan fingerprint density at radius 3 is 2.57 bits per heavy atom. The smallest absolute Gasteiger partial charge is 0.0446 e. The fourth-order valence-corrected chi connectivity index (χ4v) is 1.67. The van der Waals surface area contributed by atoms with E-state index in [1.54, 1.807) is 0 Å². The standard InChI is InChI=1S/C11H16N2S/c1-12-8-11(14)9-6-4-5-7-10(9)13(2)3/h4-7,12H,8H2,1-3H3. The number of likely N-dealkylation sites (N-methyl/N-ethyl adjacent to an activating group) is 1. The van der Waals surface area contributed by atoms with Crippen molar-refractivity contribution >= 4 is 22.8 Å². The molecule has 3 heteroatoms. The van der Waals surface area contributed by atoms with Gasteiger partial charge in [0, 0.05) is 36.8 Å². The Morgan fingerprint density at radius 2 is 2.00 bits per heavy atom. The first-order valence-electron chi connectivity index (χ1n) is 4.61. The molecule has 1 aromatic carbocycles. The molecule has 0 aromatic heterocycles. The number of hydrogen-bond donors (Lipinski definition) is 1. The van der Waals surface area contributed by atoms with Crippen molar-refractivity contribution in [2.75, 3.05) is 32.6 Å². The Kier molecular flexibility index (Phi) is 4.04. The van der Waals surface area contributed by atoms with Crippen molar-refractivity contribution in [2.45, 2.75) is 0 Å². The molecule has 14 heavy (non-hydrogen) atoms. The molecular formula is C11H16N2S. The number of nitrogens with one attached hydrogen (secondary N) is 1. The van der Waals surface area contributed by atoms with E-state index in [0.29, 0.717) is 0 Å². The molecule has 0 spiro atoms. The summed E-state index contributed by atoms with van der Waals surface area (Å²) in [5.74, 6) is 0. The van der Waals surface area contributed by atoms with Gasteiger partial charge in [-0.05, 0) is 13.1 Å². The van der Waals surface area contributed by atoms with Gasteiger partial charge in [0.25, 0.3) is 0 Å². The number of benzene rings is 1. The topological polar surface area (TPSA) is 15.3 Å². The fourth-order valence-electron chi connectivity index (χ4n) is 1.36. The van der Waals surface area contributed by atoms with Gasteiger partial charge in [0.15, 0.2) is 0 Å². The van der Waals surface area contributed by atoms with Crippen LogP contribution in [0.5, 0.6) is 0 Å². The second-order valence-corrected chi connectivity index (χ2v) is 3.86. The van der Waals surface area contributed by atoms with Gasteiger partial charge >= 0.3 is 0 Å². The van der Waals surface area contributed by atoms with Crippen LogP contribution in [0.15, 0.2) is 24.3 Å². The summed E-state index contributed by atoms with van der Waals surface area (Å²) in [5.41, 5.74) is 2.31. The summed E-state index contributed by atoms with van der Waals surface area (Å²) in [6.45, 7) is 0.750. The van der Waals surface area contributed by atoms with Crippen molar-refractivity contribution < 1.29 is 0 Å². The first-order valence-corrected chi connectivity index (χ1v) is 5.01. The fraction of sp³-hybridized carbons (Fsp3) is 0.364. The maximum Gasteiger partial charge on any atom is 0.0446 e. The molecule has 1 rings (SSSR count). The number of rotatable bonds is 4. The van der Waals surface area contributed by atoms with Gasteiger partial charge in [0.2, 0.25) is 0 Å². The van der Waals surface area contributed by atoms with E-state index in [-0.39, 0.29) is 0 Å². The van der Waals surface area contributed by atoms with Crippen molar-refractivity contribution in [3.8, 4) is 0 Å². The highest BCUT2D eigenvalue weighted by Crippen LogP contribution is 2.18. The molecular weight excluding hydrogens is 192 g/mol. The predicted molar refractivity (Wildman–Crippen MR) is 66.4 cm³/mol. The molecule has 0 saturated heterocycles. The molecule has 0 bridgehead atoms. The lowest BCUT2D eigenvalue weighted by atomic mass is 10.1. The molecule has 0 radical (unpaired) electrons. The molecule has 1 aromatic rings. The number of anilines is 1. The molecule has 0 heterocycles. The molecule has 0 fully saturated rings. The van der Waals surface area contributed by atoms with E-state index in [1.807, 2.05) is 33.3 Å². The first kappa shape index (κ1) is 11.1. The molecule has 0 aliphatic heterocycles. The highest BCUT2D eigenvalue weighted by Gasteiger charge is 2.07. The molecule has 76 valence electrons. The van der Waals surface area contributed by atoms with Gasteiger partial charge < -0.3 is 10.2 Å². The Hall–Kier alpha value is -0.930. The predicted octanol–water partition coefficient (Wildman–Crippen LogP) is 1.69. The number of hydrogen-bond acceptors (Lipinski definition) is 3. The summed E-state index contributed by atoms with van der Waals surface area (Å²) in [6.07, 6.45) is 0. The lowest BCUT2D eigenvalue weighted by molar-refractivity contribution is 0.954. The summed E-state index contributed by atoms with van der Waals surface area (Å²) in [6, 6.07) is 8.19. The maximum absolute atomic E-state index is 5.34. The largest absolute Gasteiger partial charge is 0.377 e. The Morgan fingerprint density at radius 1 is 1.36 bits per heavy atom. The SMILES string of the molecule is CNCC(=S)c1ccccc1N(C)C. The quantitative estimate of drug-likeness (QED) is 0.599. The van der Waals surface area contributed by atoms with E-state index < -0.39 is 0 Å². The second-order valence-electron chi connectivity index (χ2n) is 3.37. The maximum atomic E-state index is 5.34. The van der Waals surface area contributed by atoms with Crippen molar-refractivity contribution in [1.82, 2.24) is 5.32 Å². The molecule has 0 saturated carbocycles. The minimum atomic E-state index is 0.750. The molecule has 1 N–H and O–H groups in total. The van der Waals surface area contributed by atoms with E-state index >= 15 is 0 Å². The molecule has 0 atom stereocenters. The van der Waals surface area contributed by atoms with Crippen molar-refractivity contribution in [2.24, 2.45) is 0 Å². The lowest BCUT2D eigenvalue weighted by Gasteiger charge is -2.17. The van der Waals surface area contributed by atoms with Crippen LogP contribution in [0.2, 0.25) is 0 Å². The van der Waals surface area contributed by atoms with Gasteiger partial charge in [-0.25, -0.2) is 0 Å². The molecule has 2 nitrogen and oxygen atoms in total. The summed E-state index contributed by atoms with van der Waals surface area (Å²) < 4.78 is 0. The van der Waals surface area contributed by atoms with E-state index in [2.05, 4.69) is 22.3 Å². The lowest BCUT2D eigenvalue weighted by Crippen LogP contribution is -2.20. The number of para-hydroxylation sites is 1. The van der Waals surface area contributed by atoms with Crippen molar-refractivity contribution in [3.05, 3.63) is 29.8 Å². The number of nitrogens with zero attached hydrogens (tertiary/aromatic N) is 1. The monoisotopic (exact) mass is 208 g/mol. The van der Waals surface area contributed by atoms with Gasteiger partial charge in [0.1, 0.15) is 0 Å². The zero-order valence-electron chi connectivity index (χ0n) is 8.87. The van der Waals surface area contributed by atoms with Gasteiger partial charge in [-0.15, -0.1) is 0 Å². The van der Waals surface area contributed by atoms with E-state index in [9.17, 15) is 0 Å². The molecule has 0 unspecified atom stereocenters. The minimum absolute atomic E-state index is 0.750. The average Bonchev–Trinajstić information content (AvgIpc) is 2.18. The van der Waals surface area contributed by atoms with Gasteiger partial charge in [-0.3, -0.25) is 0 Å². The Bertz CT molecular complexity index is 321. The highest BCUT2D eigenvalue weighted by molar-refractivity contribution is 7.81. The van der Waals surface area contributed by atoms with Crippen LogP contribution in [0.1, 0.15) is 5.56 Å². The second kappa shape index (κ2) is 5.08. The molecule has 0 amide bonds. The average molecular weight is 208 g/mol. The van der Waals surface area contributed by atoms with Crippen LogP contribution in [-0.2, 0) is 0 Å². The van der Waals surface area contributed by atoms with Crippen LogP contribution < -0.4 is 10.2 Å². The summed E-state index contributed by atoms with van der Waals surface area (Å²) in [4.78, 5) is 3.04. The first-order chi connectivity index (χ1) is 6.66. The summed E-state index contributed by atoms with van der Waals surface area (Å²) in [7, 11) is 5.96. The third-order valence-electron chi connectivity index (χ3n) is 2.02. The van der Waals surface area contributed by atoms with Crippen LogP contribution in [0.4, 0.5) is 5.69 Å². The van der Waals surface area contributed by atoms with E-state index in [4.69, 9.17) is 12.2 Å². The van der Waals surface area contributed by atoms with Crippen molar-refractivity contribution in [1.29, 1.82) is 0 Å². The highest BCUT2D eigenvalue weighted by atomic mass is 32.1. The van der Waals surface area contributed by atoms with Crippen molar-refractivity contribution in [3.63, 3.8) is 0 Å². The third-order valence-corrected chi connectivity index (χ3v) is 2.39. The van der Waals surface area contributed by atoms with Crippen LogP contribution in [0, 0.1) is 0 Å². The Labute approximate surface area is 90.9 Å². The van der Waals surface area contributed by atoms with Crippen LogP contribution in [-0.4, -0.2) is 32.6 Å². The molecule has 0 aliphatic rings. The van der Waals surface area contributed by atoms with Crippen LogP contribution in [0.3, 0.4) is 0 Å². The van der Waals surface area contributed by atoms with Crippen LogP contribution in [0.25, 0.3) is 0 Å².